The van der Waals surface area contributed by atoms with E-state index in [1.807, 2.05) is 5.51 Å². The van der Waals surface area contributed by atoms with Gasteiger partial charge in [-0.05, 0) is 6.92 Å². The second-order valence-electron chi connectivity index (χ2n) is 3.38. The zero-order valence-electron chi connectivity index (χ0n) is 7.86. The van der Waals surface area contributed by atoms with Gasteiger partial charge in [-0.25, -0.2) is 4.98 Å². The van der Waals surface area contributed by atoms with Gasteiger partial charge in [0.05, 0.1) is 17.2 Å². The number of nitrogens with zero attached hydrogens (tertiary/aromatic N) is 2. The Labute approximate surface area is 82.8 Å². The number of hydrogen-bond acceptors (Lipinski definition) is 4. The maximum absolute atomic E-state index is 4.35. The summed E-state index contributed by atoms with van der Waals surface area (Å²) in [5.74, 6) is 0. The zero-order chi connectivity index (χ0) is 9.10. The van der Waals surface area contributed by atoms with Crippen LogP contribution in [0.5, 0.6) is 0 Å². The predicted molar refractivity (Wildman–Crippen MR) is 55.0 cm³/mol. The van der Waals surface area contributed by atoms with Crippen LogP contribution >= 0.6 is 11.3 Å². The summed E-state index contributed by atoms with van der Waals surface area (Å²) in [6.45, 7) is 6.72. The van der Waals surface area contributed by atoms with Crippen LogP contribution in [0.15, 0.2) is 10.9 Å². The highest BCUT2D eigenvalue weighted by Crippen LogP contribution is 2.19. The molecule has 1 aromatic heterocycles. The van der Waals surface area contributed by atoms with E-state index in [9.17, 15) is 0 Å². The van der Waals surface area contributed by atoms with Crippen LogP contribution in [0.2, 0.25) is 0 Å². The highest BCUT2D eigenvalue weighted by molar-refractivity contribution is 7.07. The van der Waals surface area contributed by atoms with Gasteiger partial charge in [0, 0.05) is 31.6 Å². The molecule has 13 heavy (non-hydrogen) atoms. The van der Waals surface area contributed by atoms with Crippen molar-refractivity contribution in [2.75, 3.05) is 26.2 Å². The minimum absolute atomic E-state index is 0.480. The summed E-state index contributed by atoms with van der Waals surface area (Å²) in [6.07, 6.45) is 0. The molecule has 0 bridgehead atoms. The summed E-state index contributed by atoms with van der Waals surface area (Å²) in [5, 5.41) is 5.50. The average molecular weight is 197 g/mol. The lowest BCUT2D eigenvalue weighted by Gasteiger charge is -2.31. The fraction of sp³-hybridized carbons (Fsp3) is 0.667. The van der Waals surface area contributed by atoms with Crippen molar-refractivity contribution in [2.24, 2.45) is 0 Å². The maximum atomic E-state index is 4.35. The first-order valence-electron chi connectivity index (χ1n) is 4.71. The summed E-state index contributed by atoms with van der Waals surface area (Å²) >= 11 is 1.68. The summed E-state index contributed by atoms with van der Waals surface area (Å²) in [6, 6.07) is 0.480. The lowest BCUT2D eigenvalue weighted by molar-refractivity contribution is 0.183. The van der Waals surface area contributed by atoms with Gasteiger partial charge in [-0.1, -0.05) is 0 Å². The fourth-order valence-electron chi connectivity index (χ4n) is 1.68. The Morgan fingerprint density at radius 3 is 2.92 bits per heavy atom. The smallest absolute Gasteiger partial charge is 0.0795 e. The molecule has 1 unspecified atom stereocenters. The second-order valence-corrected chi connectivity index (χ2v) is 4.09. The molecule has 2 heterocycles. The molecule has 1 aromatic rings. The normalized spacial score (nSPS) is 21.6. The number of aromatic nitrogens is 1. The van der Waals surface area contributed by atoms with Gasteiger partial charge in [0.2, 0.25) is 0 Å². The Hall–Kier alpha value is -0.450. The van der Waals surface area contributed by atoms with Crippen molar-refractivity contribution in [3.05, 3.63) is 16.6 Å². The highest BCUT2D eigenvalue weighted by atomic mass is 32.1. The number of hydrogen-bond donors (Lipinski definition) is 1. The third-order valence-electron chi connectivity index (χ3n) is 2.58. The maximum Gasteiger partial charge on any atom is 0.0795 e. The van der Waals surface area contributed by atoms with E-state index in [0.29, 0.717) is 6.04 Å². The monoisotopic (exact) mass is 197 g/mol. The Kier molecular flexibility index (Phi) is 2.93. The van der Waals surface area contributed by atoms with Gasteiger partial charge in [0.1, 0.15) is 0 Å². The molecule has 0 aliphatic carbocycles. The number of piperazine rings is 1. The van der Waals surface area contributed by atoms with E-state index < -0.39 is 0 Å². The molecule has 2 rings (SSSR count). The molecule has 0 saturated carbocycles. The van der Waals surface area contributed by atoms with Crippen LogP contribution in [0.3, 0.4) is 0 Å². The van der Waals surface area contributed by atoms with Gasteiger partial charge in [-0.2, -0.15) is 0 Å². The summed E-state index contributed by atoms with van der Waals surface area (Å²) in [5.41, 5.74) is 3.13. The van der Waals surface area contributed by atoms with Crippen LogP contribution in [0, 0.1) is 0 Å². The largest absolute Gasteiger partial charge is 0.314 e. The Bertz CT molecular complexity index is 241. The van der Waals surface area contributed by atoms with Crippen LogP contribution < -0.4 is 5.32 Å². The van der Waals surface area contributed by atoms with Crippen LogP contribution in [-0.2, 0) is 0 Å². The van der Waals surface area contributed by atoms with Crippen LogP contribution in [0.4, 0.5) is 0 Å². The number of thiazole rings is 1. The van der Waals surface area contributed by atoms with E-state index in [2.05, 4.69) is 27.5 Å². The molecule has 72 valence electrons. The second kappa shape index (κ2) is 4.17. The third kappa shape index (κ3) is 2.07. The summed E-state index contributed by atoms with van der Waals surface area (Å²) in [4.78, 5) is 6.83. The fourth-order valence-corrected chi connectivity index (χ4v) is 2.33. The quantitative estimate of drug-likeness (QED) is 0.770. The van der Waals surface area contributed by atoms with Crippen molar-refractivity contribution >= 4 is 11.3 Å². The van der Waals surface area contributed by atoms with Crippen molar-refractivity contribution in [3.63, 3.8) is 0 Å². The van der Waals surface area contributed by atoms with E-state index in [1.165, 1.54) is 5.69 Å². The molecule has 0 amide bonds. The lowest BCUT2D eigenvalue weighted by atomic mass is 10.2. The van der Waals surface area contributed by atoms with E-state index in [1.54, 1.807) is 11.3 Å². The Morgan fingerprint density at radius 1 is 1.54 bits per heavy atom. The van der Waals surface area contributed by atoms with Gasteiger partial charge in [-0.15, -0.1) is 11.3 Å². The van der Waals surface area contributed by atoms with Crippen molar-refractivity contribution in [2.45, 2.75) is 13.0 Å². The highest BCUT2D eigenvalue weighted by Gasteiger charge is 2.18. The van der Waals surface area contributed by atoms with Gasteiger partial charge in [0.25, 0.3) is 0 Å². The average Bonchev–Trinajstić information content (AvgIpc) is 2.71. The number of rotatable bonds is 2. The first-order valence-corrected chi connectivity index (χ1v) is 5.65. The van der Waals surface area contributed by atoms with Crippen LogP contribution in [0.1, 0.15) is 18.7 Å². The van der Waals surface area contributed by atoms with Crippen LogP contribution in [-0.4, -0.2) is 36.1 Å². The summed E-state index contributed by atoms with van der Waals surface area (Å²) in [7, 11) is 0. The standard InChI is InChI=1S/C9H15N3S/c1-8(9-6-13-7-11-9)12-4-2-10-3-5-12/h6-8,10H,2-5H2,1H3. The zero-order valence-corrected chi connectivity index (χ0v) is 8.68. The molecule has 3 nitrogen and oxygen atoms in total. The van der Waals surface area contributed by atoms with Crippen molar-refractivity contribution in [3.8, 4) is 0 Å². The van der Waals surface area contributed by atoms with E-state index >= 15 is 0 Å². The first kappa shape index (κ1) is 9.12. The summed E-state index contributed by atoms with van der Waals surface area (Å²) < 4.78 is 0. The van der Waals surface area contributed by atoms with E-state index in [-0.39, 0.29) is 0 Å². The minimum Gasteiger partial charge on any atom is -0.314 e. The molecule has 0 radical (unpaired) electrons. The Morgan fingerprint density at radius 2 is 2.31 bits per heavy atom. The molecule has 0 spiro atoms. The van der Waals surface area contributed by atoms with Crippen molar-refractivity contribution in [1.82, 2.24) is 15.2 Å². The SMILES string of the molecule is CC(c1cscn1)N1CCNCC1. The minimum atomic E-state index is 0.480. The van der Waals surface area contributed by atoms with Crippen molar-refractivity contribution in [1.29, 1.82) is 0 Å². The molecule has 1 fully saturated rings. The molecular formula is C9H15N3S. The molecule has 0 aromatic carbocycles. The van der Waals surface area contributed by atoms with Gasteiger partial charge >= 0.3 is 0 Å². The lowest BCUT2D eigenvalue weighted by Crippen LogP contribution is -2.44. The third-order valence-corrected chi connectivity index (χ3v) is 3.18. The van der Waals surface area contributed by atoms with Crippen LogP contribution in [0.25, 0.3) is 0 Å². The van der Waals surface area contributed by atoms with Crippen molar-refractivity contribution < 1.29 is 0 Å². The van der Waals surface area contributed by atoms with Gasteiger partial charge < -0.3 is 5.32 Å². The Balaban J connectivity index is 1.99. The number of nitrogens with one attached hydrogen (secondary N) is 1. The molecule has 4 heteroatoms. The molecule has 1 N–H and O–H groups in total. The van der Waals surface area contributed by atoms with E-state index in [0.717, 1.165) is 26.2 Å². The topological polar surface area (TPSA) is 28.2 Å². The first-order chi connectivity index (χ1) is 6.38. The molecule has 1 saturated heterocycles. The molecule has 1 aliphatic rings. The predicted octanol–water partition coefficient (Wildman–Crippen LogP) is 1.11. The molecule has 1 atom stereocenters. The van der Waals surface area contributed by atoms with Gasteiger partial charge in [-0.3, -0.25) is 4.90 Å². The van der Waals surface area contributed by atoms with E-state index in [4.69, 9.17) is 0 Å². The molecular weight excluding hydrogens is 182 g/mol. The van der Waals surface area contributed by atoms with Gasteiger partial charge in [0.15, 0.2) is 0 Å². The molecule has 1 aliphatic heterocycles.